The van der Waals surface area contributed by atoms with Crippen LogP contribution >= 0.6 is 0 Å². The molecule has 0 radical (unpaired) electrons. The third-order valence-electron chi connectivity index (χ3n) is 3.99. The average Bonchev–Trinajstić information content (AvgIpc) is 3.00. The van der Waals surface area contributed by atoms with E-state index in [-0.39, 0.29) is 12.2 Å². The topological polar surface area (TPSA) is 70.4 Å². The van der Waals surface area contributed by atoms with Gasteiger partial charge in [0.1, 0.15) is 0 Å². The first-order valence-electron chi connectivity index (χ1n) is 8.30. The van der Waals surface area contributed by atoms with Gasteiger partial charge in [-0.25, -0.2) is 4.68 Å². The van der Waals surface area contributed by atoms with Gasteiger partial charge >= 0.3 is 0 Å². The van der Waals surface area contributed by atoms with Crippen molar-refractivity contribution < 1.29 is 5.11 Å². The molecular weight excluding hydrogens is 314 g/mol. The molecule has 0 aliphatic carbocycles. The number of rotatable bonds is 6. The van der Waals surface area contributed by atoms with Crippen LogP contribution in [-0.2, 0) is 0 Å². The van der Waals surface area contributed by atoms with Crippen LogP contribution in [0.3, 0.4) is 0 Å². The molecule has 128 valence electrons. The minimum absolute atomic E-state index is 0.0870. The summed E-state index contributed by atoms with van der Waals surface area (Å²) in [5.41, 5.74) is 3.56. The summed E-state index contributed by atoms with van der Waals surface area (Å²) in [4.78, 5) is 17.5. The summed E-state index contributed by atoms with van der Waals surface area (Å²) >= 11 is 0. The zero-order valence-corrected chi connectivity index (χ0v) is 14.1. The standard InChI is InChI=1S/C20H21N3O2/c1-15(21-13-8-14-24)18-19(16-9-4-2-5-10-16)22-23(20(18)25)17-11-6-3-7-12-17/h2-7,9-12,22,24H,8,13-14H2,1H3. The summed E-state index contributed by atoms with van der Waals surface area (Å²) in [6.07, 6.45) is 0.579. The van der Waals surface area contributed by atoms with E-state index in [2.05, 4.69) is 10.1 Å². The first-order chi connectivity index (χ1) is 12.2. The van der Waals surface area contributed by atoms with Gasteiger partial charge < -0.3 is 5.11 Å². The molecule has 2 N–H and O–H groups in total. The van der Waals surface area contributed by atoms with Crippen molar-refractivity contribution in [3.05, 3.63) is 76.6 Å². The van der Waals surface area contributed by atoms with Gasteiger partial charge in [0, 0.05) is 24.4 Å². The highest BCUT2D eigenvalue weighted by Crippen LogP contribution is 2.21. The predicted octanol–water partition coefficient (Wildman–Crippen LogP) is 3.02. The Kier molecular flexibility index (Phi) is 5.26. The van der Waals surface area contributed by atoms with E-state index in [0.29, 0.717) is 24.2 Å². The van der Waals surface area contributed by atoms with Crippen LogP contribution in [0.2, 0.25) is 0 Å². The summed E-state index contributed by atoms with van der Waals surface area (Å²) < 4.78 is 1.54. The lowest BCUT2D eigenvalue weighted by Crippen LogP contribution is -2.19. The maximum Gasteiger partial charge on any atom is 0.280 e. The highest BCUT2D eigenvalue weighted by atomic mass is 16.3. The van der Waals surface area contributed by atoms with E-state index < -0.39 is 0 Å². The lowest BCUT2D eigenvalue weighted by Gasteiger charge is -2.03. The third kappa shape index (κ3) is 3.61. The van der Waals surface area contributed by atoms with Crippen LogP contribution in [0.5, 0.6) is 0 Å². The number of aromatic nitrogens is 2. The quantitative estimate of drug-likeness (QED) is 0.537. The normalized spacial score (nSPS) is 11.7. The molecule has 1 aromatic heterocycles. The van der Waals surface area contributed by atoms with Gasteiger partial charge in [0.2, 0.25) is 0 Å². The molecule has 0 bridgehead atoms. The molecule has 5 nitrogen and oxygen atoms in total. The Balaban J connectivity index is 2.16. The molecule has 3 rings (SSSR count). The van der Waals surface area contributed by atoms with E-state index in [1.807, 2.05) is 67.6 Å². The van der Waals surface area contributed by atoms with Crippen molar-refractivity contribution in [1.82, 2.24) is 9.78 Å². The summed E-state index contributed by atoms with van der Waals surface area (Å²) in [6.45, 7) is 2.42. The highest BCUT2D eigenvalue weighted by molar-refractivity contribution is 6.03. The molecule has 0 amide bonds. The number of aliphatic imine (C=N–C) groups is 1. The number of hydrogen-bond acceptors (Lipinski definition) is 3. The van der Waals surface area contributed by atoms with Gasteiger partial charge in [-0.3, -0.25) is 14.9 Å². The van der Waals surface area contributed by atoms with Crippen molar-refractivity contribution in [3.63, 3.8) is 0 Å². The maximum atomic E-state index is 13.0. The fourth-order valence-corrected chi connectivity index (χ4v) is 2.74. The molecule has 0 atom stereocenters. The minimum Gasteiger partial charge on any atom is -0.396 e. The number of nitrogens with one attached hydrogen (secondary N) is 1. The first-order valence-corrected chi connectivity index (χ1v) is 8.30. The second-order valence-corrected chi connectivity index (χ2v) is 5.75. The van der Waals surface area contributed by atoms with Crippen LogP contribution in [0.15, 0.2) is 70.5 Å². The molecule has 0 fully saturated rings. The number of benzene rings is 2. The van der Waals surface area contributed by atoms with E-state index in [1.54, 1.807) is 4.68 Å². The Morgan fingerprint density at radius 2 is 1.72 bits per heavy atom. The molecule has 0 unspecified atom stereocenters. The molecule has 0 saturated heterocycles. The number of hydrogen-bond donors (Lipinski definition) is 2. The number of aromatic amines is 1. The molecule has 0 saturated carbocycles. The summed E-state index contributed by atoms with van der Waals surface area (Å²) in [5.74, 6) is 0. The van der Waals surface area contributed by atoms with Gasteiger partial charge in [-0.2, -0.15) is 0 Å². The number of aliphatic hydroxyl groups excluding tert-OH is 1. The van der Waals surface area contributed by atoms with Crippen LogP contribution in [0.1, 0.15) is 18.9 Å². The van der Waals surface area contributed by atoms with E-state index in [1.165, 1.54) is 0 Å². The maximum absolute atomic E-state index is 13.0. The zero-order valence-electron chi connectivity index (χ0n) is 14.1. The Morgan fingerprint density at radius 1 is 1.08 bits per heavy atom. The fourth-order valence-electron chi connectivity index (χ4n) is 2.74. The van der Waals surface area contributed by atoms with Crippen molar-refractivity contribution in [1.29, 1.82) is 0 Å². The molecule has 3 aromatic rings. The molecule has 25 heavy (non-hydrogen) atoms. The van der Waals surface area contributed by atoms with Crippen LogP contribution < -0.4 is 5.56 Å². The monoisotopic (exact) mass is 335 g/mol. The highest BCUT2D eigenvalue weighted by Gasteiger charge is 2.18. The van der Waals surface area contributed by atoms with Crippen molar-refractivity contribution in [2.75, 3.05) is 13.2 Å². The second kappa shape index (κ2) is 7.77. The first kappa shape index (κ1) is 16.9. The Labute approximate surface area is 146 Å². The third-order valence-corrected chi connectivity index (χ3v) is 3.99. The smallest absolute Gasteiger partial charge is 0.280 e. The summed E-state index contributed by atoms with van der Waals surface area (Å²) in [5, 5.41) is 12.2. The average molecular weight is 335 g/mol. The molecular formula is C20H21N3O2. The van der Waals surface area contributed by atoms with Gasteiger partial charge in [-0.15, -0.1) is 0 Å². The van der Waals surface area contributed by atoms with E-state index in [0.717, 1.165) is 16.9 Å². The number of para-hydroxylation sites is 1. The molecule has 5 heteroatoms. The summed E-state index contributed by atoms with van der Waals surface area (Å²) in [7, 11) is 0. The number of H-pyrrole nitrogens is 1. The SMILES string of the molecule is CC(=NCCCO)c1c(-c2ccccc2)[nH]n(-c2ccccc2)c1=O. The van der Waals surface area contributed by atoms with Gasteiger partial charge in [0.15, 0.2) is 0 Å². The zero-order chi connectivity index (χ0) is 17.6. The van der Waals surface area contributed by atoms with Crippen molar-refractivity contribution in [3.8, 4) is 16.9 Å². The Morgan fingerprint density at radius 3 is 2.36 bits per heavy atom. The summed E-state index contributed by atoms with van der Waals surface area (Å²) in [6, 6.07) is 19.2. The molecule has 0 aliphatic heterocycles. The van der Waals surface area contributed by atoms with Crippen molar-refractivity contribution in [2.24, 2.45) is 4.99 Å². The Bertz CT molecular complexity index is 909. The molecule has 2 aromatic carbocycles. The number of nitrogens with zero attached hydrogens (tertiary/aromatic N) is 2. The molecule has 0 spiro atoms. The van der Waals surface area contributed by atoms with Crippen LogP contribution in [0, 0.1) is 0 Å². The largest absolute Gasteiger partial charge is 0.396 e. The lowest BCUT2D eigenvalue weighted by atomic mass is 10.1. The van der Waals surface area contributed by atoms with Crippen LogP contribution in [0.4, 0.5) is 0 Å². The molecule has 1 heterocycles. The van der Waals surface area contributed by atoms with Gasteiger partial charge in [0.25, 0.3) is 5.56 Å². The fraction of sp³-hybridized carbons (Fsp3) is 0.200. The van der Waals surface area contributed by atoms with E-state index in [9.17, 15) is 4.79 Å². The molecule has 0 aliphatic rings. The van der Waals surface area contributed by atoms with E-state index >= 15 is 0 Å². The number of aliphatic hydroxyl groups is 1. The van der Waals surface area contributed by atoms with Crippen molar-refractivity contribution >= 4 is 5.71 Å². The van der Waals surface area contributed by atoms with Gasteiger partial charge in [-0.05, 0) is 25.5 Å². The van der Waals surface area contributed by atoms with E-state index in [4.69, 9.17) is 5.11 Å². The second-order valence-electron chi connectivity index (χ2n) is 5.75. The predicted molar refractivity (Wildman–Crippen MR) is 101 cm³/mol. The lowest BCUT2D eigenvalue weighted by molar-refractivity contribution is 0.291. The minimum atomic E-state index is -0.129. The Hall–Kier alpha value is -2.92. The van der Waals surface area contributed by atoms with Crippen LogP contribution in [-0.4, -0.2) is 33.8 Å². The van der Waals surface area contributed by atoms with Crippen molar-refractivity contribution in [2.45, 2.75) is 13.3 Å². The van der Waals surface area contributed by atoms with Gasteiger partial charge in [-0.1, -0.05) is 48.5 Å². The van der Waals surface area contributed by atoms with Crippen LogP contribution in [0.25, 0.3) is 16.9 Å². The van der Waals surface area contributed by atoms with Gasteiger partial charge in [0.05, 0.1) is 16.9 Å².